The zero-order valence-corrected chi connectivity index (χ0v) is 22.0. The van der Waals surface area contributed by atoms with Crippen LogP contribution in [0.3, 0.4) is 0 Å². The summed E-state index contributed by atoms with van der Waals surface area (Å²) >= 11 is 6.28. The zero-order chi connectivity index (χ0) is 27.1. The molecule has 0 atom stereocenters. The number of aromatic nitrogens is 1. The number of sulfonamides is 1. The van der Waals surface area contributed by atoms with E-state index in [1.165, 1.54) is 12.1 Å². The van der Waals surface area contributed by atoms with Gasteiger partial charge in [0.05, 0.1) is 21.8 Å². The second kappa shape index (κ2) is 11.9. The Morgan fingerprint density at radius 1 is 0.921 bits per heavy atom. The highest BCUT2D eigenvalue weighted by atomic mass is 35.5. The molecule has 0 aliphatic carbocycles. The van der Waals surface area contributed by atoms with Gasteiger partial charge in [-0.1, -0.05) is 54.1 Å². The van der Waals surface area contributed by atoms with E-state index in [1.54, 1.807) is 86.0 Å². The van der Waals surface area contributed by atoms with E-state index < -0.39 is 28.4 Å². The summed E-state index contributed by atoms with van der Waals surface area (Å²) in [4.78, 5) is 30.2. The molecular formula is C28H25ClN4O4S. The number of halogens is 1. The molecule has 0 saturated heterocycles. The summed E-state index contributed by atoms with van der Waals surface area (Å²) in [7, 11) is -4.12. The number of benzene rings is 3. The van der Waals surface area contributed by atoms with Crippen LogP contribution in [0.25, 0.3) is 0 Å². The molecule has 10 heteroatoms. The second-order valence-corrected chi connectivity index (χ2v) is 10.6. The molecule has 1 heterocycles. The number of nitrogens with zero attached hydrogens (tertiary/aromatic N) is 2. The fourth-order valence-electron chi connectivity index (χ4n) is 3.78. The summed E-state index contributed by atoms with van der Waals surface area (Å²) in [6.07, 6.45) is 3.29. The van der Waals surface area contributed by atoms with Crippen molar-refractivity contribution in [2.24, 2.45) is 0 Å². The highest BCUT2D eigenvalue weighted by Gasteiger charge is 2.29. The van der Waals surface area contributed by atoms with Crippen molar-refractivity contribution in [1.82, 2.24) is 10.3 Å². The summed E-state index contributed by atoms with van der Waals surface area (Å²) in [6.45, 7) is 1.40. The number of carbonyl (C=O) groups is 2. The van der Waals surface area contributed by atoms with Crippen LogP contribution >= 0.6 is 11.6 Å². The molecule has 4 rings (SSSR count). The molecule has 1 aromatic heterocycles. The molecule has 0 fully saturated rings. The van der Waals surface area contributed by atoms with E-state index in [0.717, 1.165) is 9.87 Å². The molecular weight excluding hydrogens is 524 g/mol. The Labute approximate surface area is 226 Å². The molecule has 0 saturated carbocycles. The third-order valence-electron chi connectivity index (χ3n) is 5.75. The third-order valence-corrected chi connectivity index (χ3v) is 7.93. The average Bonchev–Trinajstić information content (AvgIpc) is 2.93. The van der Waals surface area contributed by atoms with E-state index in [2.05, 4.69) is 15.6 Å². The minimum Gasteiger partial charge on any atom is -0.348 e. The van der Waals surface area contributed by atoms with Crippen molar-refractivity contribution in [2.45, 2.75) is 18.4 Å². The van der Waals surface area contributed by atoms with Crippen LogP contribution in [0, 0.1) is 6.92 Å². The van der Waals surface area contributed by atoms with Crippen molar-refractivity contribution in [1.29, 1.82) is 0 Å². The molecule has 2 amide bonds. The van der Waals surface area contributed by atoms with Gasteiger partial charge in [0.1, 0.15) is 6.54 Å². The fourth-order valence-corrected chi connectivity index (χ4v) is 5.45. The van der Waals surface area contributed by atoms with Gasteiger partial charge in [-0.3, -0.25) is 18.9 Å². The van der Waals surface area contributed by atoms with Crippen LogP contribution in [0.2, 0.25) is 5.02 Å². The minimum absolute atomic E-state index is 0.0300. The van der Waals surface area contributed by atoms with Crippen LogP contribution in [-0.2, 0) is 21.4 Å². The van der Waals surface area contributed by atoms with Crippen LogP contribution in [0.15, 0.2) is 102 Å². The molecule has 3 aromatic carbocycles. The Morgan fingerprint density at radius 2 is 1.66 bits per heavy atom. The van der Waals surface area contributed by atoms with Gasteiger partial charge in [-0.15, -0.1) is 0 Å². The van der Waals surface area contributed by atoms with Crippen molar-refractivity contribution in [2.75, 3.05) is 16.2 Å². The Morgan fingerprint density at radius 3 is 2.39 bits per heavy atom. The lowest BCUT2D eigenvalue weighted by Crippen LogP contribution is -2.39. The lowest BCUT2D eigenvalue weighted by molar-refractivity contribution is -0.114. The first-order valence-corrected chi connectivity index (χ1v) is 13.5. The first-order valence-electron chi connectivity index (χ1n) is 11.7. The number of nitrogens with one attached hydrogen (secondary N) is 2. The standard InChI is InChI=1S/C28H25ClN4O4S/c1-20-24(29)13-7-15-26(20)33(38(36,37)22-10-3-2-4-11-22)19-27(34)32-25-14-6-5-12-23(25)28(35)31-18-21-9-8-16-30-17-21/h2-17H,18-19H2,1H3,(H,31,35)(H,32,34). The molecule has 8 nitrogen and oxygen atoms in total. The molecule has 0 bridgehead atoms. The molecule has 0 unspecified atom stereocenters. The Kier molecular flexibility index (Phi) is 8.40. The Bertz CT molecular complexity index is 1550. The summed E-state index contributed by atoms with van der Waals surface area (Å²) in [5, 5.41) is 5.87. The maximum Gasteiger partial charge on any atom is 0.264 e. The van der Waals surface area contributed by atoms with Gasteiger partial charge in [0.25, 0.3) is 15.9 Å². The zero-order valence-electron chi connectivity index (χ0n) is 20.5. The summed E-state index contributed by atoms with van der Waals surface area (Å²) in [5.41, 5.74) is 2.10. The topological polar surface area (TPSA) is 108 Å². The van der Waals surface area contributed by atoms with E-state index >= 15 is 0 Å². The van der Waals surface area contributed by atoms with Crippen LogP contribution in [-0.4, -0.2) is 31.8 Å². The molecule has 0 spiro atoms. The van der Waals surface area contributed by atoms with Gasteiger partial charge >= 0.3 is 0 Å². The van der Waals surface area contributed by atoms with E-state index in [0.29, 0.717) is 10.6 Å². The van der Waals surface area contributed by atoms with Crippen LogP contribution in [0.1, 0.15) is 21.5 Å². The average molecular weight is 549 g/mol. The number of pyridine rings is 1. The smallest absolute Gasteiger partial charge is 0.264 e. The van der Waals surface area contributed by atoms with E-state index in [1.807, 2.05) is 6.07 Å². The number of carbonyl (C=O) groups excluding carboxylic acids is 2. The number of rotatable bonds is 9. The van der Waals surface area contributed by atoms with Crippen molar-refractivity contribution in [3.8, 4) is 0 Å². The lowest BCUT2D eigenvalue weighted by atomic mass is 10.1. The normalized spacial score (nSPS) is 11.0. The second-order valence-electron chi connectivity index (χ2n) is 8.35. The van der Waals surface area contributed by atoms with Crippen molar-refractivity contribution >= 4 is 44.8 Å². The maximum atomic E-state index is 13.6. The number of amides is 2. The van der Waals surface area contributed by atoms with Gasteiger partial charge in [-0.2, -0.15) is 0 Å². The van der Waals surface area contributed by atoms with Crippen LogP contribution in [0.4, 0.5) is 11.4 Å². The highest BCUT2D eigenvalue weighted by molar-refractivity contribution is 7.92. The van der Waals surface area contributed by atoms with Crippen molar-refractivity contribution in [3.05, 3.63) is 119 Å². The highest BCUT2D eigenvalue weighted by Crippen LogP contribution is 2.31. The largest absolute Gasteiger partial charge is 0.348 e. The van der Waals surface area contributed by atoms with Gasteiger partial charge < -0.3 is 10.6 Å². The van der Waals surface area contributed by atoms with Gasteiger partial charge in [0, 0.05) is 24.0 Å². The number of anilines is 2. The predicted molar refractivity (Wildman–Crippen MR) is 148 cm³/mol. The third kappa shape index (κ3) is 6.19. The number of hydrogen-bond acceptors (Lipinski definition) is 5. The number of para-hydroxylation sites is 1. The minimum atomic E-state index is -4.12. The van der Waals surface area contributed by atoms with Gasteiger partial charge in [0.2, 0.25) is 5.91 Å². The monoisotopic (exact) mass is 548 g/mol. The van der Waals surface area contributed by atoms with Gasteiger partial charge in [-0.05, 0) is 60.5 Å². The molecule has 0 aliphatic rings. The summed E-state index contributed by atoms with van der Waals surface area (Å²) < 4.78 is 28.2. The first kappa shape index (κ1) is 26.8. The fraction of sp³-hybridized carbons (Fsp3) is 0.107. The summed E-state index contributed by atoms with van der Waals surface area (Å²) in [6, 6.07) is 22.8. The van der Waals surface area contributed by atoms with E-state index in [-0.39, 0.29) is 28.4 Å². The number of hydrogen-bond donors (Lipinski definition) is 2. The molecule has 4 aromatic rings. The molecule has 0 aliphatic heterocycles. The Hall–Kier alpha value is -4.21. The lowest BCUT2D eigenvalue weighted by Gasteiger charge is -2.26. The van der Waals surface area contributed by atoms with Crippen molar-refractivity contribution in [3.63, 3.8) is 0 Å². The maximum absolute atomic E-state index is 13.6. The Balaban J connectivity index is 1.59. The van der Waals surface area contributed by atoms with E-state index in [4.69, 9.17) is 11.6 Å². The summed E-state index contributed by atoms with van der Waals surface area (Å²) in [5.74, 6) is -1.03. The quantitative estimate of drug-likeness (QED) is 0.312. The molecule has 2 N–H and O–H groups in total. The van der Waals surface area contributed by atoms with Crippen LogP contribution < -0.4 is 14.9 Å². The van der Waals surface area contributed by atoms with Crippen LogP contribution in [0.5, 0.6) is 0 Å². The first-order chi connectivity index (χ1) is 18.3. The molecule has 38 heavy (non-hydrogen) atoms. The van der Waals surface area contributed by atoms with Gasteiger partial charge in [0.15, 0.2) is 0 Å². The predicted octanol–water partition coefficient (Wildman–Crippen LogP) is 4.81. The van der Waals surface area contributed by atoms with Gasteiger partial charge in [-0.25, -0.2) is 8.42 Å². The SMILES string of the molecule is Cc1c(Cl)cccc1N(CC(=O)Nc1ccccc1C(=O)NCc1cccnc1)S(=O)(=O)c1ccccc1. The van der Waals surface area contributed by atoms with Crippen molar-refractivity contribution < 1.29 is 18.0 Å². The molecule has 194 valence electrons. The molecule has 0 radical (unpaired) electrons. The van der Waals surface area contributed by atoms with E-state index in [9.17, 15) is 18.0 Å².